The number of phenolic OH excluding ortho intramolecular Hbond substituents is 1. The van der Waals surface area contributed by atoms with Gasteiger partial charge in [0.25, 0.3) is 0 Å². The molecule has 0 aliphatic carbocycles. The van der Waals surface area contributed by atoms with E-state index in [-0.39, 0.29) is 5.75 Å². The van der Waals surface area contributed by atoms with Crippen molar-refractivity contribution in [2.45, 2.75) is 6.54 Å². The molecule has 1 rings (SSSR count). The van der Waals surface area contributed by atoms with Crippen molar-refractivity contribution in [1.82, 2.24) is 10.2 Å². The third-order valence-corrected chi connectivity index (χ3v) is 2.62. The van der Waals surface area contributed by atoms with Crippen molar-refractivity contribution in [3.63, 3.8) is 0 Å². The number of nitrogens with one attached hydrogen (secondary N) is 1. The number of methoxy groups -OCH3 is 1. The van der Waals surface area contributed by atoms with Crippen LogP contribution in [0.3, 0.4) is 0 Å². The summed E-state index contributed by atoms with van der Waals surface area (Å²) in [7, 11) is 3.71. The summed E-state index contributed by atoms with van der Waals surface area (Å²) in [5.41, 5.74) is 0.743. The Morgan fingerprint density at radius 1 is 1.33 bits per heavy atom. The molecule has 0 heterocycles. The van der Waals surface area contributed by atoms with Gasteiger partial charge in [-0.3, -0.25) is 0 Å². The van der Waals surface area contributed by atoms with Gasteiger partial charge in [-0.1, -0.05) is 0 Å². The first-order valence-corrected chi connectivity index (χ1v) is 5.98. The predicted molar refractivity (Wildman–Crippen MR) is 69.1 cm³/mol. The zero-order valence-electron chi connectivity index (χ0n) is 10.9. The average Bonchev–Trinajstić information content (AvgIpc) is 2.31. The fourth-order valence-electron chi connectivity index (χ4n) is 1.60. The quantitative estimate of drug-likeness (QED) is 0.686. The largest absolute Gasteiger partial charge is 0.508 e. The minimum atomic E-state index is -0.413. The fourth-order valence-corrected chi connectivity index (χ4v) is 1.60. The molecule has 0 aliphatic rings. The first kappa shape index (κ1) is 14.9. The summed E-state index contributed by atoms with van der Waals surface area (Å²) in [6.07, 6.45) is 0. The van der Waals surface area contributed by atoms with Crippen LogP contribution >= 0.6 is 0 Å². The predicted octanol–water partition coefficient (Wildman–Crippen LogP) is 1.20. The summed E-state index contributed by atoms with van der Waals surface area (Å²) in [6, 6.07) is 4.08. The van der Waals surface area contributed by atoms with E-state index >= 15 is 0 Å². The van der Waals surface area contributed by atoms with Gasteiger partial charge in [0.05, 0.1) is 6.61 Å². The Bertz CT molecular complexity index is 341. The van der Waals surface area contributed by atoms with Crippen molar-refractivity contribution in [3.8, 4) is 5.75 Å². The van der Waals surface area contributed by atoms with E-state index in [0.29, 0.717) is 13.2 Å². The number of nitrogens with zero attached hydrogens (tertiary/aromatic N) is 1. The van der Waals surface area contributed by atoms with Gasteiger partial charge in [-0.15, -0.1) is 0 Å². The molecule has 0 saturated carbocycles. The van der Waals surface area contributed by atoms with E-state index in [1.165, 1.54) is 6.07 Å². The van der Waals surface area contributed by atoms with Crippen molar-refractivity contribution in [3.05, 3.63) is 29.6 Å². The van der Waals surface area contributed by atoms with Crippen LogP contribution in [0.4, 0.5) is 4.39 Å². The second-order valence-corrected chi connectivity index (χ2v) is 4.29. The molecule has 0 amide bonds. The first-order chi connectivity index (χ1) is 8.61. The molecule has 0 aliphatic heterocycles. The van der Waals surface area contributed by atoms with Gasteiger partial charge < -0.3 is 20.1 Å². The summed E-state index contributed by atoms with van der Waals surface area (Å²) in [4.78, 5) is 2.15. The zero-order chi connectivity index (χ0) is 13.4. The second-order valence-electron chi connectivity index (χ2n) is 4.29. The van der Waals surface area contributed by atoms with Crippen LogP contribution in [0.5, 0.6) is 5.75 Å². The normalized spacial score (nSPS) is 11.1. The molecule has 2 N–H and O–H groups in total. The summed E-state index contributed by atoms with van der Waals surface area (Å²) >= 11 is 0. The van der Waals surface area contributed by atoms with Gasteiger partial charge in [0, 0.05) is 39.4 Å². The third-order valence-electron chi connectivity index (χ3n) is 2.62. The standard InChI is InChI=1S/C13H21FN2O2/c1-16(5-6-18-2)4-3-15-10-11-7-12(14)9-13(17)8-11/h7-9,15,17H,3-6,10H2,1-2H3. The molecule has 0 radical (unpaired) electrons. The molecule has 0 aromatic heterocycles. The summed E-state index contributed by atoms with van der Waals surface area (Å²) < 4.78 is 18.0. The van der Waals surface area contributed by atoms with Crippen molar-refractivity contribution in [2.24, 2.45) is 0 Å². The first-order valence-electron chi connectivity index (χ1n) is 5.98. The Balaban J connectivity index is 2.21. The summed E-state index contributed by atoms with van der Waals surface area (Å²) in [6.45, 7) is 3.85. The summed E-state index contributed by atoms with van der Waals surface area (Å²) in [5.74, 6) is -0.451. The van der Waals surface area contributed by atoms with Gasteiger partial charge in [-0.2, -0.15) is 0 Å². The van der Waals surface area contributed by atoms with E-state index in [9.17, 15) is 9.50 Å². The molecule has 0 atom stereocenters. The number of ether oxygens (including phenoxy) is 1. The van der Waals surface area contributed by atoms with E-state index in [2.05, 4.69) is 10.2 Å². The number of halogens is 1. The van der Waals surface area contributed by atoms with Crippen LogP contribution in [0.2, 0.25) is 0 Å². The highest BCUT2D eigenvalue weighted by molar-refractivity contribution is 5.28. The molecule has 18 heavy (non-hydrogen) atoms. The van der Waals surface area contributed by atoms with Gasteiger partial charge in [-0.05, 0) is 24.7 Å². The lowest BCUT2D eigenvalue weighted by molar-refractivity contribution is 0.161. The van der Waals surface area contributed by atoms with E-state index < -0.39 is 5.82 Å². The van der Waals surface area contributed by atoms with E-state index in [1.807, 2.05) is 7.05 Å². The average molecular weight is 256 g/mol. The van der Waals surface area contributed by atoms with Crippen LogP contribution in [-0.4, -0.2) is 50.4 Å². The number of aromatic hydroxyl groups is 1. The maximum atomic E-state index is 13.0. The Kier molecular flexibility index (Phi) is 6.64. The van der Waals surface area contributed by atoms with Gasteiger partial charge in [0.15, 0.2) is 0 Å². The number of hydrogen-bond acceptors (Lipinski definition) is 4. The molecular weight excluding hydrogens is 235 g/mol. The lowest BCUT2D eigenvalue weighted by Crippen LogP contribution is -2.31. The number of rotatable bonds is 8. The van der Waals surface area contributed by atoms with Crippen LogP contribution in [0.1, 0.15) is 5.56 Å². The molecule has 0 unspecified atom stereocenters. The van der Waals surface area contributed by atoms with Crippen molar-refractivity contribution in [2.75, 3.05) is 40.4 Å². The number of phenols is 1. The van der Waals surface area contributed by atoms with Crippen molar-refractivity contribution >= 4 is 0 Å². The monoisotopic (exact) mass is 256 g/mol. The number of hydrogen-bond donors (Lipinski definition) is 2. The lowest BCUT2D eigenvalue weighted by atomic mass is 10.2. The summed E-state index contributed by atoms with van der Waals surface area (Å²) in [5, 5.41) is 12.4. The lowest BCUT2D eigenvalue weighted by Gasteiger charge is -2.16. The molecule has 0 bridgehead atoms. The molecule has 4 nitrogen and oxygen atoms in total. The second kappa shape index (κ2) is 8.02. The maximum absolute atomic E-state index is 13.0. The zero-order valence-corrected chi connectivity index (χ0v) is 10.9. The Hall–Kier alpha value is -1.17. The smallest absolute Gasteiger partial charge is 0.127 e. The Morgan fingerprint density at radius 2 is 2.11 bits per heavy atom. The molecule has 1 aromatic rings. The fraction of sp³-hybridized carbons (Fsp3) is 0.538. The highest BCUT2D eigenvalue weighted by Gasteiger charge is 2.00. The van der Waals surface area contributed by atoms with Crippen molar-refractivity contribution < 1.29 is 14.2 Å². The molecule has 0 spiro atoms. The number of benzene rings is 1. The highest BCUT2D eigenvalue weighted by Crippen LogP contribution is 2.14. The Morgan fingerprint density at radius 3 is 2.78 bits per heavy atom. The van der Waals surface area contributed by atoms with E-state index in [0.717, 1.165) is 31.3 Å². The minimum Gasteiger partial charge on any atom is -0.508 e. The van der Waals surface area contributed by atoms with Crippen LogP contribution in [0.15, 0.2) is 18.2 Å². The van der Waals surface area contributed by atoms with Gasteiger partial charge >= 0.3 is 0 Å². The van der Waals surface area contributed by atoms with Crippen LogP contribution in [0, 0.1) is 5.82 Å². The topological polar surface area (TPSA) is 44.7 Å². The van der Waals surface area contributed by atoms with Gasteiger partial charge in [0.1, 0.15) is 11.6 Å². The van der Waals surface area contributed by atoms with Gasteiger partial charge in [-0.25, -0.2) is 4.39 Å². The Labute approximate surface area is 107 Å². The molecular formula is C13H21FN2O2. The van der Waals surface area contributed by atoms with Crippen LogP contribution in [-0.2, 0) is 11.3 Å². The molecule has 102 valence electrons. The highest BCUT2D eigenvalue weighted by atomic mass is 19.1. The SMILES string of the molecule is COCCN(C)CCNCc1cc(O)cc(F)c1. The van der Waals surface area contributed by atoms with Crippen molar-refractivity contribution in [1.29, 1.82) is 0 Å². The molecule has 5 heteroatoms. The van der Waals surface area contributed by atoms with Crippen LogP contribution < -0.4 is 5.32 Å². The minimum absolute atomic E-state index is 0.0380. The van der Waals surface area contributed by atoms with Gasteiger partial charge in [0.2, 0.25) is 0 Å². The van der Waals surface area contributed by atoms with E-state index in [1.54, 1.807) is 13.2 Å². The number of likely N-dealkylation sites (N-methyl/N-ethyl adjacent to an activating group) is 1. The molecule has 0 saturated heterocycles. The molecule has 1 aromatic carbocycles. The van der Waals surface area contributed by atoms with Crippen LogP contribution in [0.25, 0.3) is 0 Å². The maximum Gasteiger partial charge on any atom is 0.127 e. The molecule has 0 fully saturated rings. The van der Waals surface area contributed by atoms with E-state index in [4.69, 9.17) is 4.74 Å². The third kappa shape index (κ3) is 5.95.